The minimum absolute atomic E-state index is 0. The van der Waals surface area contributed by atoms with Crippen LogP contribution in [0.25, 0.3) is 0 Å². The van der Waals surface area contributed by atoms with Crippen LogP contribution in [0.4, 0.5) is 11.6 Å². The van der Waals surface area contributed by atoms with E-state index in [2.05, 4.69) is 15.6 Å². The summed E-state index contributed by atoms with van der Waals surface area (Å²) in [6, 6.07) is 2.58. The Morgan fingerprint density at radius 3 is 1.79 bits per heavy atom. The first-order valence-corrected chi connectivity index (χ1v) is 7.17. The number of amides is 2. The SMILES string of the molecule is CC(C)(C)C(=O)Nc1ccc(C(=O)[O-])c(NC(=O)C(C)(C)C)n1.[Li+]. The molecule has 0 bridgehead atoms. The van der Waals surface area contributed by atoms with Crippen molar-refractivity contribution in [1.29, 1.82) is 0 Å². The molecule has 0 fully saturated rings. The number of carbonyl (C=O) groups is 3. The average molecular weight is 327 g/mol. The van der Waals surface area contributed by atoms with Crippen molar-refractivity contribution in [3.63, 3.8) is 0 Å². The van der Waals surface area contributed by atoms with Crippen molar-refractivity contribution < 1.29 is 38.4 Å². The van der Waals surface area contributed by atoms with Gasteiger partial charge in [0, 0.05) is 16.4 Å². The van der Waals surface area contributed by atoms with Crippen molar-refractivity contribution in [2.75, 3.05) is 10.6 Å². The van der Waals surface area contributed by atoms with E-state index in [4.69, 9.17) is 0 Å². The summed E-state index contributed by atoms with van der Waals surface area (Å²) in [6.07, 6.45) is 0. The molecule has 0 spiro atoms. The summed E-state index contributed by atoms with van der Waals surface area (Å²) in [7, 11) is 0. The second kappa shape index (κ2) is 7.82. The fraction of sp³-hybridized carbons (Fsp3) is 0.500. The van der Waals surface area contributed by atoms with Crippen LogP contribution in [0.15, 0.2) is 12.1 Å². The number of carboxylic acids is 1. The van der Waals surface area contributed by atoms with Crippen LogP contribution in [0.2, 0.25) is 0 Å². The molecule has 2 amide bonds. The Morgan fingerprint density at radius 1 is 0.917 bits per heavy atom. The maximum atomic E-state index is 12.0. The van der Waals surface area contributed by atoms with Crippen LogP contribution in [0.1, 0.15) is 51.9 Å². The second-order valence-corrected chi connectivity index (χ2v) is 7.29. The van der Waals surface area contributed by atoms with Gasteiger partial charge in [0.1, 0.15) is 11.6 Å². The molecule has 24 heavy (non-hydrogen) atoms. The molecular formula is C16H22LiN3O4. The van der Waals surface area contributed by atoms with Crippen molar-refractivity contribution in [2.45, 2.75) is 41.5 Å². The van der Waals surface area contributed by atoms with Crippen LogP contribution < -0.4 is 34.6 Å². The minimum Gasteiger partial charge on any atom is -0.545 e. The van der Waals surface area contributed by atoms with E-state index in [-0.39, 0.29) is 42.0 Å². The van der Waals surface area contributed by atoms with E-state index in [0.29, 0.717) is 0 Å². The van der Waals surface area contributed by atoms with E-state index < -0.39 is 22.7 Å². The van der Waals surface area contributed by atoms with Gasteiger partial charge in [-0.25, -0.2) is 4.98 Å². The third-order valence-electron chi connectivity index (χ3n) is 2.95. The number of rotatable bonds is 3. The fourth-order valence-electron chi connectivity index (χ4n) is 1.39. The summed E-state index contributed by atoms with van der Waals surface area (Å²) in [5.74, 6) is -2.14. The van der Waals surface area contributed by atoms with E-state index in [9.17, 15) is 19.5 Å². The van der Waals surface area contributed by atoms with Crippen molar-refractivity contribution in [2.24, 2.45) is 10.8 Å². The standard InChI is InChI=1S/C16H23N3O4.Li/c1-15(2,3)13(22)18-10-8-7-9(12(20)21)11(17-10)19-14(23)16(4,5)6;/h7-8H,1-6H3,(H,20,21)(H2,17,18,19,22,23);/q;+1/p-1. The van der Waals surface area contributed by atoms with E-state index in [1.54, 1.807) is 41.5 Å². The molecular weight excluding hydrogens is 305 g/mol. The smallest absolute Gasteiger partial charge is 0.545 e. The first kappa shape index (κ1) is 22.2. The number of pyridine rings is 1. The first-order chi connectivity index (χ1) is 10.3. The van der Waals surface area contributed by atoms with Crippen LogP contribution in [0, 0.1) is 10.8 Å². The van der Waals surface area contributed by atoms with Gasteiger partial charge in [-0.05, 0) is 12.1 Å². The topological polar surface area (TPSA) is 111 Å². The summed E-state index contributed by atoms with van der Waals surface area (Å²) >= 11 is 0. The molecule has 126 valence electrons. The third-order valence-corrected chi connectivity index (χ3v) is 2.95. The number of hydrogen-bond donors (Lipinski definition) is 2. The van der Waals surface area contributed by atoms with Crippen LogP contribution >= 0.6 is 0 Å². The zero-order chi connectivity index (χ0) is 18.0. The number of aromatic nitrogens is 1. The van der Waals surface area contributed by atoms with Crippen molar-refractivity contribution in [3.8, 4) is 0 Å². The second-order valence-electron chi connectivity index (χ2n) is 7.29. The van der Waals surface area contributed by atoms with Gasteiger partial charge in [0.2, 0.25) is 11.8 Å². The molecule has 1 heterocycles. The molecule has 1 rings (SSSR count). The normalized spacial score (nSPS) is 11.2. The molecule has 0 saturated carbocycles. The zero-order valence-electron chi connectivity index (χ0n) is 15.2. The van der Waals surface area contributed by atoms with Gasteiger partial charge < -0.3 is 20.5 Å². The predicted octanol–water partition coefficient (Wildman–Crippen LogP) is -1.58. The number of anilines is 2. The van der Waals surface area contributed by atoms with E-state index in [1.165, 1.54) is 12.1 Å². The molecule has 1 aromatic rings. The molecule has 0 aliphatic rings. The Labute approximate surface area is 153 Å². The molecule has 0 unspecified atom stereocenters. The minimum atomic E-state index is -1.46. The predicted molar refractivity (Wildman–Crippen MR) is 84.7 cm³/mol. The molecule has 1 aromatic heterocycles. The molecule has 0 saturated heterocycles. The molecule has 0 aromatic carbocycles. The summed E-state index contributed by atoms with van der Waals surface area (Å²) in [5, 5.41) is 16.2. The maximum absolute atomic E-state index is 12.0. The number of carbonyl (C=O) groups excluding carboxylic acids is 3. The fourth-order valence-corrected chi connectivity index (χ4v) is 1.39. The van der Waals surface area contributed by atoms with Crippen LogP contribution in [0.3, 0.4) is 0 Å². The van der Waals surface area contributed by atoms with Gasteiger partial charge in [-0.1, -0.05) is 41.5 Å². The summed E-state index contributed by atoms with van der Waals surface area (Å²) in [6.45, 7) is 10.3. The van der Waals surface area contributed by atoms with E-state index >= 15 is 0 Å². The Hall–Kier alpha value is -1.84. The monoisotopic (exact) mass is 327 g/mol. The van der Waals surface area contributed by atoms with Gasteiger partial charge in [-0.15, -0.1) is 0 Å². The number of nitrogens with zero attached hydrogens (tertiary/aromatic N) is 1. The number of aromatic carboxylic acids is 1. The summed E-state index contributed by atoms with van der Waals surface area (Å²) < 4.78 is 0. The summed E-state index contributed by atoms with van der Waals surface area (Å²) in [5.41, 5.74) is -1.62. The van der Waals surface area contributed by atoms with Crippen molar-refractivity contribution in [1.82, 2.24) is 4.98 Å². The van der Waals surface area contributed by atoms with Gasteiger partial charge in [-0.3, -0.25) is 9.59 Å². The number of nitrogens with one attached hydrogen (secondary N) is 2. The molecule has 0 atom stereocenters. The van der Waals surface area contributed by atoms with Crippen molar-refractivity contribution >= 4 is 29.4 Å². The maximum Gasteiger partial charge on any atom is 1.00 e. The quantitative estimate of drug-likeness (QED) is 0.651. The Balaban J connectivity index is 0.00000529. The molecule has 0 aliphatic heterocycles. The molecule has 8 heteroatoms. The number of carboxylic acid groups (broad SMARTS) is 1. The van der Waals surface area contributed by atoms with Crippen LogP contribution in [-0.2, 0) is 9.59 Å². The van der Waals surface area contributed by atoms with Gasteiger partial charge in [-0.2, -0.15) is 0 Å². The van der Waals surface area contributed by atoms with Gasteiger partial charge in [0.15, 0.2) is 0 Å². The molecule has 0 radical (unpaired) electrons. The zero-order valence-corrected chi connectivity index (χ0v) is 15.2. The summed E-state index contributed by atoms with van der Waals surface area (Å²) in [4.78, 5) is 39.2. The van der Waals surface area contributed by atoms with Gasteiger partial charge in [0.05, 0.1) is 5.97 Å². The van der Waals surface area contributed by atoms with Crippen molar-refractivity contribution in [3.05, 3.63) is 17.7 Å². The first-order valence-electron chi connectivity index (χ1n) is 7.17. The Morgan fingerprint density at radius 2 is 1.38 bits per heavy atom. The third kappa shape index (κ3) is 5.99. The van der Waals surface area contributed by atoms with Crippen LogP contribution in [0.5, 0.6) is 0 Å². The Kier molecular flexibility index (Phi) is 7.22. The van der Waals surface area contributed by atoms with E-state index in [0.717, 1.165) is 0 Å². The van der Waals surface area contributed by atoms with Gasteiger partial charge >= 0.3 is 18.9 Å². The molecule has 7 nitrogen and oxygen atoms in total. The van der Waals surface area contributed by atoms with Crippen LogP contribution in [-0.4, -0.2) is 22.8 Å². The largest absolute Gasteiger partial charge is 1.00 e. The number of hydrogen-bond acceptors (Lipinski definition) is 5. The molecule has 2 N–H and O–H groups in total. The Bertz CT molecular complexity index is 646. The average Bonchev–Trinajstić information content (AvgIpc) is 2.36. The molecule has 0 aliphatic carbocycles. The van der Waals surface area contributed by atoms with E-state index in [1.807, 2.05) is 0 Å². The van der Waals surface area contributed by atoms with Gasteiger partial charge in [0.25, 0.3) is 0 Å².